The van der Waals surface area contributed by atoms with Gasteiger partial charge in [-0.15, -0.1) is 10.2 Å². The summed E-state index contributed by atoms with van der Waals surface area (Å²) in [5, 5.41) is 12.4. The molecule has 1 aliphatic heterocycles. The standard InChI is InChI=1S/C13H12N4O3S2/c1-19-8-4-2-3-5-9(8)20-6-11-16-17-13(22-11)15-12-14-10(18)7-21-12/h2-5H,6-7H2,1H3,(H,14,15,17,18). The van der Waals surface area contributed by atoms with Crippen molar-refractivity contribution in [3.63, 3.8) is 0 Å². The highest BCUT2D eigenvalue weighted by molar-refractivity contribution is 8.15. The number of rotatable bonds is 5. The molecule has 0 saturated carbocycles. The first-order valence-electron chi connectivity index (χ1n) is 6.34. The first kappa shape index (κ1) is 14.8. The molecular formula is C13H12N4O3S2. The van der Waals surface area contributed by atoms with Crippen LogP contribution in [0.4, 0.5) is 5.13 Å². The van der Waals surface area contributed by atoms with Gasteiger partial charge in [-0.1, -0.05) is 35.2 Å². The molecule has 0 spiro atoms. The molecule has 2 aromatic rings. The lowest BCUT2D eigenvalue weighted by Gasteiger charge is -2.08. The normalized spacial score (nSPS) is 15.9. The predicted molar refractivity (Wildman–Crippen MR) is 84.9 cm³/mol. The molecule has 3 rings (SSSR count). The van der Waals surface area contributed by atoms with Crippen molar-refractivity contribution >= 4 is 39.3 Å². The van der Waals surface area contributed by atoms with Crippen molar-refractivity contribution in [1.82, 2.24) is 15.5 Å². The van der Waals surface area contributed by atoms with E-state index in [2.05, 4.69) is 20.5 Å². The number of benzene rings is 1. The van der Waals surface area contributed by atoms with E-state index in [1.807, 2.05) is 24.3 Å². The van der Waals surface area contributed by atoms with Gasteiger partial charge in [0.15, 0.2) is 21.7 Å². The lowest BCUT2D eigenvalue weighted by Crippen LogP contribution is -2.19. The largest absolute Gasteiger partial charge is 0.493 e. The maximum Gasteiger partial charge on any atom is 0.236 e. The smallest absolute Gasteiger partial charge is 0.236 e. The summed E-state index contributed by atoms with van der Waals surface area (Å²) in [7, 11) is 1.59. The number of ether oxygens (including phenoxy) is 2. The maximum absolute atomic E-state index is 11.1. The molecule has 1 aromatic carbocycles. The second-order valence-corrected chi connectivity index (χ2v) is 6.18. The number of carbonyl (C=O) groups is 1. The monoisotopic (exact) mass is 336 g/mol. The number of hydrogen-bond donors (Lipinski definition) is 1. The Labute approximate surface area is 134 Å². The number of aliphatic imine (C=N–C) groups is 1. The Morgan fingerprint density at radius 1 is 1.32 bits per heavy atom. The van der Waals surface area contributed by atoms with Crippen LogP contribution >= 0.6 is 23.1 Å². The SMILES string of the molecule is COc1ccccc1OCc1nnc(/N=C2\NC(=O)CS2)s1. The van der Waals surface area contributed by atoms with Gasteiger partial charge in [0.2, 0.25) is 11.0 Å². The third kappa shape index (κ3) is 3.55. The lowest BCUT2D eigenvalue weighted by molar-refractivity contribution is -0.116. The molecular weight excluding hydrogens is 324 g/mol. The van der Waals surface area contributed by atoms with Gasteiger partial charge in [-0.25, -0.2) is 0 Å². The second-order valence-electron chi connectivity index (χ2n) is 4.17. The van der Waals surface area contributed by atoms with Crippen molar-refractivity contribution in [2.45, 2.75) is 6.61 Å². The number of carbonyl (C=O) groups excluding carboxylic acids is 1. The molecule has 0 radical (unpaired) electrons. The Morgan fingerprint density at radius 2 is 2.14 bits per heavy atom. The third-order valence-electron chi connectivity index (χ3n) is 2.66. The second kappa shape index (κ2) is 6.75. The quantitative estimate of drug-likeness (QED) is 0.898. The van der Waals surface area contributed by atoms with Gasteiger partial charge in [-0.05, 0) is 12.1 Å². The fraction of sp³-hybridized carbons (Fsp3) is 0.231. The summed E-state index contributed by atoms with van der Waals surface area (Å²) in [5.41, 5.74) is 0. The number of thioether (sulfide) groups is 1. The number of nitrogens with one attached hydrogen (secondary N) is 1. The molecule has 7 nitrogen and oxygen atoms in total. The Morgan fingerprint density at radius 3 is 2.86 bits per heavy atom. The van der Waals surface area contributed by atoms with E-state index in [0.717, 1.165) is 0 Å². The Bertz CT molecular complexity index is 717. The summed E-state index contributed by atoms with van der Waals surface area (Å²) in [4.78, 5) is 15.3. The first-order chi connectivity index (χ1) is 10.7. The van der Waals surface area contributed by atoms with Crippen molar-refractivity contribution in [2.24, 2.45) is 4.99 Å². The van der Waals surface area contributed by atoms with Gasteiger partial charge >= 0.3 is 0 Å². The Balaban J connectivity index is 1.63. The highest BCUT2D eigenvalue weighted by atomic mass is 32.2. The summed E-state index contributed by atoms with van der Waals surface area (Å²) in [6, 6.07) is 7.40. The lowest BCUT2D eigenvalue weighted by atomic mass is 10.3. The fourth-order valence-electron chi connectivity index (χ4n) is 1.70. The van der Waals surface area contributed by atoms with E-state index in [0.29, 0.717) is 32.6 Å². The van der Waals surface area contributed by atoms with Crippen molar-refractivity contribution in [3.05, 3.63) is 29.3 Å². The van der Waals surface area contributed by atoms with Crippen LogP contribution in [-0.4, -0.2) is 34.1 Å². The van der Waals surface area contributed by atoms with Gasteiger partial charge in [0.1, 0.15) is 6.61 Å². The number of para-hydroxylation sites is 2. The molecule has 1 aliphatic rings. The molecule has 0 bridgehead atoms. The molecule has 1 fully saturated rings. The zero-order valence-corrected chi connectivity index (χ0v) is 13.2. The summed E-state index contributed by atoms with van der Waals surface area (Å²) >= 11 is 2.66. The van der Waals surface area contributed by atoms with E-state index in [1.165, 1.54) is 23.1 Å². The topological polar surface area (TPSA) is 85.7 Å². The number of nitrogens with zero attached hydrogens (tertiary/aromatic N) is 3. The molecule has 2 heterocycles. The van der Waals surface area contributed by atoms with Crippen LogP contribution in [0.5, 0.6) is 11.5 Å². The van der Waals surface area contributed by atoms with E-state index < -0.39 is 0 Å². The van der Waals surface area contributed by atoms with E-state index in [-0.39, 0.29) is 12.5 Å². The number of amidine groups is 1. The van der Waals surface area contributed by atoms with Crippen LogP contribution in [0.15, 0.2) is 29.3 Å². The Hall–Kier alpha value is -2.13. The fourth-order valence-corrected chi connectivity index (χ4v) is 3.06. The molecule has 9 heteroatoms. The van der Waals surface area contributed by atoms with Gasteiger partial charge in [0.25, 0.3) is 0 Å². The highest BCUT2D eigenvalue weighted by Gasteiger charge is 2.17. The average molecular weight is 336 g/mol. The zero-order chi connectivity index (χ0) is 15.4. The predicted octanol–water partition coefficient (Wildman–Crippen LogP) is 1.98. The molecule has 1 amide bonds. The minimum atomic E-state index is -0.0482. The molecule has 0 unspecified atom stereocenters. The van der Waals surface area contributed by atoms with Crippen molar-refractivity contribution in [1.29, 1.82) is 0 Å². The molecule has 0 atom stereocenters. The Kier molecular flexibility index (Phi) is 4.54. The highest BCUT2D eigenvalue weighted by Crippen LogP contribution is 2.28. The third-order valence-corrected chi connectivity index (χ3v) is 4.32. The first-order valence-corrected chi connectivity index (χ1v) is 8.14. The maximum atomic E-state index is 11.1. The van der Waals surface area contributed by atoms with Crippen LogP contribution in [0, 0.1) is 0 Å². The molecule has 1 aromatic heterocycles. The minimum Gasteiger partial charge on any atom is -0.493 e. The van der Waals surface area contributed by atoms with Gasteiger partial charge in [0.05, 0.1) is 12.9 Å². The number of methoxy groups -OCH3 is 1. The van der Waals surface area contributed by atoms with Gasteiger partial charge < -0.3 is 14.8 Å². The van der Waals surface area contributed by atoms with Crippen LogP contribution in [0.1, 0.15) is 5.01 Å². The van der Waals surface area contributed by atoms with Crippen LogP contribution in [0.25, 0.3) is 0 Å². The van der Waals surface area contributed by atoms with Crippen LogP contribution in [-0.2, 0) is 11.4 Å². The number of aromatic nitrogens is 2. The molecule has 1 saturated heterocycles. The van der Waals surface area contributed by atoms with Crippen molar-refractivity contribution in [2.75, 3.05) is 12.9 Å². The molecule has 1 N–H and O–H groups in total. The molecule has 22 heavy (non-hydrogen) atoms. The summed E-state index contributed by atoms with van der Waals surface area (Å²) < 4.78 is 10.9. The van der Waals surface area contributed by atoms with E-state index in [9.17, 15) is 4.79 Å². The van der Waals surface area contributed by atoms with Crippen LogP contribution in [0.3, 0.4) is 0 Å². The van der Waals surface area contributed by atoms with Gasteiger partial charge in [-0.2, -0.15) is 4.99 Å². The van der Waals surface area contributed by atoms with Crippen molar-refractivity contribution in [3.8, 4) is 11.5 Å². The average Bonchev–Trinajstić information content (AvgIpc) is 3.15. The zero-order valence-electron chi connectivity index (χ0n) is 11.6. The minimum absolute atomic E-state index is 0.0482. The summed E-state index contributed by atoms with van der Waals surface area (Å²) in [6.07, 6.45) is 0. The molecule has 114 valence electrons. The van der Waals surface area contributed by atoms with Crippen molar-refractivity contribution < 1.29 is 14.3 Å². The summed E-state index contributed by atoms with van der Waals surface area (Å²) in [6.45, 7) is 0.280. The summed E-state index contributed by atoms with van der Waals surface area (Å²) in [5.74, 6) is 1.65. The van der Waals surface area contributed by atoms with Gasteiger partial charge in [-0.3, -0.25) is 4.79 Å². The molecule has 0 aliphatic carbocycles. The van der Waals surface area contributed by atoms with E-state index in [4.69, 9.17) is 9.47 Å². The van der Waals surface area contributed by atoms with Crippen LogP contribution in [0.2, 0.25) is 0 Å². The van der Waals surface area contributed by atoms with Gasteiger partial charge in [0, 0.05) is 0 Å². The van der Waals surface area contributed by atoms with Crippen LogP contribution < -0.4 is 14.8 Å². The van der Waals surface area contributed by atoms with E-state index >= 15 is 0 Å². The van der Waals surface area contributed by atoms with E-state index in [1.54, 1.807) is 7.11 Å². The number of amides is 1. The number of hydrogen-bond acceptors (Lipinski definition) is 8.